The van der Waals surface area contributed by atoms with Crippen LogP contribution in [0.2, 0.25) is 0 Å². The van der Waals surface area contributed by atoms with Crippen LogP contribution in [0, 0.1) is 0 Å². The number of nitrogens with one attached hydrogen (secondary N) is 1. The fraction of sp³-hybridized carbons (Fsp3) is 0.300. The highest BCUT2D eigenvalue weighted by Crippen LogP contribution is 2.16. The second-order valence-electron chi connectivity index (χ2n) is 6.48. The lowest BCUT2D eigenvalue weighted by Crippen LogP contribution is -2.49. The molecule has 3 heterocycles. The second-order valence-corrected chi connectivity index (χ2v) is 6.48. The number of pyridine rings is 1. The van der Waals surface area contributed by atoms with Crippen molar-refractivity contribution in [3.05, 3.63) is 66.1 Å². The van der Waals surface area contributed by atoms with Gasteiger partial charge in [-0.3, -0.25) is 14.7 Å². The summed E-state index contributed by atoms with van der Waals surface area (Å²) in [5.41, 5.74) is 2.90. The molecule has 4 rings (SSSR count). The molecule has 1 aliphatic rings. The number of H-pyrrole nitrogens is 1. The fourth-order valence-corrected chi connectivity index (χ4v) is 3.36. The lowest BCUT2D eigenvalue weighted by atomic mass is 10.1. The van der Waals surface area contributed by atoms with Crippen LogP contribution >= 0.6 is 0 Å². The van der Waals surface area contributed by atoms with Crippen molar-refractivity contribution in [1.82, 2.24) is 19.8 Å². The van der Waals surface area contributed by atoms with Crippen LogP contribution in [-0.4, -0.2) is 58.4 Å². The van der Waals surface area contributed by atoms with E-state index in [1.54, 1.807) is 0 Å². The first-order valence-corrected chi connectivity index (χ1v) is 8.78. The number of aromatic nitrogens is 2. The van der Waals surface area contributed by atoms with Crippen molar-refractivity contribution in [2.45, 2.75) is 6.42 Å². The summed E-state index contributed by atoms with van der Waals surface area (Å²) < 4.78 is 0. The highest BCUT2D eigenvalue weighted by atomic mass is 16.2. The van der Waals surface area contributed by atoms with Gasteiger partial charge >= 0.3 is 0 Å². The number of carbonyl (C=O) groups excluding carboxylic acids is 1. The number of hydrogen-bond donors (Lipinski definition) is 1. The van der Waals surface area contributed by atoms with Gasteiger partial charge in [-0.1, -0.05) is 12.1 Å². The molecular formula is C20H22N4O. The SMILES string of the molecule is O=C(c1ccc2cc[nH]c2c1)N1CCN(CCc2ccccn2)CC1. The van der Waals surface area contributed by atoms with E-state index in [1.165, 1.54) is 0 Å². The third kappa shape index (κ3) is 3.56. The van der Waals surface area contributed by atoms with Crippen molar-refractivity contribution in [2.75, 3.05) is 32.7 Å². The van der Waals surface area contributed by atoms with E-state index in [4.69, 9.17) is 0 Å². The zero-order chi connectivity index (χ0) is 17.1. The van der Waals surface area contributed by atoms with Crippen molar-refractivity contribution in [2.24, 2.45) is 0 Å². The summed E-state index contributed by atoms with van der Waals surface area (Å²) in [5.74, 6) is 0.126. The molecule has 1 aliphatic heterocycles. The van der Waals surface area contributed by atoms with E-state index in [9.17, 15) is 4.79 Å². The average molecular weight is 334 g/mol. The van der Waals surface area contributed by atoms with Gasteiger partial charge in [0.15, 0.2) is 0 Å². The monoisotopic (exact) mass is 334 g/mol. The number of fused-ring (bicyclic) bond motifs is 1. The van der Waals surface area contributed by atoms with Gasteiger partial charge in [0.25, 0.3) is 5.91 Å². The molecule has 1 aromatic carbocycles. The Bertz CT molecular complexity index is 850. The standard InChI is InChI=1S/C20H22N4O/c25-20(17-5-4-16-6-9-22-19(16)15-17)24-13-11-23(12-14-24)10-7-18-3-1-2-8-21-18/h1-6,8-9,15,22H,7,10-14H2. The molecule has 3 aromatic rings. The molecule has 5 heteroatoms. The molecule has 1 fully saturated rings. The summed E-state index contributed by atoms with van der Waals surface area (Å²) in [7, 11) is 0. The maximum atomic E-state index is 12.7. The van der Waals surface area contributed by atoms with Gasteiger partial charge in [0.2, 0.25) is 0 Å². The number of amides is 1. The van der Waals surface area contributed by atoms with Crippen LogP contribution in [0.1, 0.15) is 16.1 Å². The molecule has 2 aromatic heterocycles. The summed E-state index contributed by atoms with van der Waals surface area (Å²) in [6.07, 6.45) is 4.70. The Kier molecular flexibility index (Phi) is 4.48. The maximum Gasteiger partial charge on any atom is 0.254 e. The maximum absolute atomic E-state index is 12.7. The Morgan fingerprint density at radius 2 is 1.96 bits per heavy atom. The topological polar surface area (TPSA) is 52.2 Å². The molecule has 0 atom stereocenters. The summed E-state index contributed by atoms with van der Waals surface area (Å²) in [6.45, 7) is 4.40. The summed E-state index contributed by atoms with van der Waals surface area (Å²) in [6, 6.07) is 13.9. The van der Waals surface area contributed by atoms with E-state index in [2.05, 4.69) is 20.9 Å². The number of benzene rings is 1. The normalized spacial score (nSPS) is 15.6. The molecule has 0 bridgehead atoms. The largest absolute Gasteiger partial charge is 0.361 e. The molecule has 0 unspecified atom stereocenters. The van der Waals surface area contributed by atoms with Gasteiger partial charge in [-0.15, -0.1) is 0 Å². The summed E-state index contributed by atoms with van der Waals surface area (Å²) >= 11 is 0. The molecule has 1 amide bonds. The van der Waals surface area contributed by atoms with Crippen LogP contribution in [0.15, 0.2) is 54.9 Å². The van der Waals surface area contributed by atoms with Crippen LogP contribution in [0.3, 0.4) is 0 Å². The highest BCUT2D eigenvalue weighted by molar-refractivity contribution is 5.98. The Hall–Kier alpha value is -2.66. The van der Waals surface area contributed by atoms with Gasteiger partial charge < -0.3 is 9.88 Å². The highest BCUT2D eigenvalue weighted by Gasteiger charge is 2.22. The van der Waals surface area contributed by atoms with Gasteiger partial charge in [-0.05, 0) is 35.7 Å². The summed E-state index contributed by atoms with van der Waals surface area (Å²) in [5, 5.41) is 1.14. The van der Waals surface area contributed by atoms with Crippen LogP contribution in [0.25, 0.3) is 10.9 Å². The third-order valence-electron chi connectivity index (χ3n) is 4.87. The molecule has 25 heavy (non-hydrogen) atoms. The third-order valence-corrected chi connectivity index (χ3v) is 4.87. The molecule has 5 nitrogen and oxygen atoms in total. The van der Waals surface area contributed by atoms with Crippen LogP contribution in [-0.2, 0) is 6.42 Å². The van der Waals surface area contributed by atoms with Gasteiger partial charge in [0.1, 0.15) is 0 Å². The average Bonchev–Trinajstić information content (AvgIpc) is 3.15. The zero-order valence-corrected chi connectivity index (χ0v) is 14.2. The van der Waals surface area contributed by atoms with Crippen LogP contribution in [0.4, 0.5) is 0 Å². The van der Waals surface area contributed by atoms with E-state index in [-0.39, 0.29) is 5.91 Å². The molecule has 128 valence electrons. The molecule has 1 saturated heterocycles. The predicted molar refractivity (Wildman–Crippen MR) is 98.6 cm³/mol. The minimum atomic E-state index is 0.126. The van der Waals surface area contributed by atoms with Crippen LogP contribution < -0.4 is 0 Å². The zero-order valence-electron chi connectivity index (χ0n) is 14.2. The Morgan fingerprint density at radius 3 is 2.76 bits per heavy atom. The van der Waals surface area contributed by atoms with E-state index in [0.29, 0.717) is 0 Å². The first kappa shape index (κ1) is 15.8. The van der Waals surface area contributed by atoms with Crippen molar-refractivity contribution in [3.8, 4) is 0 Å². The predicted octanol–water partition coefficient (Wildman–Crippen LogP) is 2.56. The van der Waals surface area contributed by atoms with E-state index >= 15 is 0 Å². The van der Waals surface area contributed by atoms with Crippen molar-refractivity contribution in [3.63, 3.8) is 0 Å². The minimum absolute atomic E-state index is 0.126. The van der Waals surface area contributed by atoms with Gasteiger partial charge in [-0.25, -0.2) is 0 Å². The molecule has 0 radical (unpaired) electrons. The number of aromatic amines is 1. The van der Waals surface area contributed by atoms with Crippen molar-refractivity contribution in [1.29, 1.82) is 0 Å². The molecule has 0 saturated carbocycles. The second kappa shape index (κ2) is 7.07. The van der Waals surface area contributed by atoms with Gasteiger partial charge in [0.05, 0.1) is 0 Å². The molecule has 0 spiro atoms. The number of piperazine rings is 1. The number of hydrogen-bond acceptors (Lipinski definition) is 3. The Morgan fingerprint density at radius 1 is 1.08 bits per heavy atom. The lowest BCUT2D eigenvalue weighted by Gasteiger charge is -2.34. The van der Waals surface area contributed by atoms with Crippen LogP contribution in [0.5, 0.6) is 0 Å². The van der Waals surface area contributed by atoms with Crippen molar-refractivity contribution >= 4 is 16.8 Å². The van der Waals surface area contributed by atoms with Crippen molar-refractivity contribution < 1.29 is 4.79 Å². The molecular weight excluding hydrogens is 312 g/mol. The summed E-state index contributed by atoms with van der Waals surface area (Å²) in [4.78, 5) is 24.6. The smallest absolute Gasteiger partial charge is 0.254 e. The first-order valence-electron chi connectivity index (χ1n) is 8.78. The van der Waals surface area contributed by atoms with Gasteiger partial charge in [0, 0.05) is 68.3 Å². The van der Waals surface area contributed by atoms with Gasteiger partial charge in [-0.2, -0.15) is 0 Å². The molecule has 0 aliphatic carbocycles. The van der Waals surface area contributed by atoms with E-state index in [0.717, 1.165) is 61.3 Å². The number of carbonyl (C=O) groups is 1. The van der Waals surface area contributed by atoms with E-state index < -0.39 is 0 Å². The first-order chi connectivity index (χ1) is 12.3. The number of rotatable bonds is 4. The van der Waals surface area contributed by atoms with E-state index in [1.807, 2.05) is 53.7 Å². The molecule has 1 N–H and O–H groups in total. The minimum Gasteiger partial charge on any atom is -0.361 e. The Balaban J connectivity index is 1.32. The lowest BCUT2D eigenvalue weighted by molar-refractivity contribution is 0.0638. The Labute approximate surface area is 147 Å². The quantitative estimate of drug-likeness (QED) is 0.798. The fourth-order valence-electron chi connectivity index (χ4n) is 3.36. The number of nitrogens with zero attached hydrogens (tertiary/aromatic N) is 3.